The number of carbonyl (C=O) groups is 1. The Morgan fingerprint density at radius 3 is 2.75 bits per heavy atom. The SMILES string of the molecule is CC1(ONC=O)CC1. The molecule has 1 saturated carbocycles. The van der Waals surface area contributed by atoms with E-state index in [2.05, 4.69) is 5.48 Å². The molecule has 0 aromatic heterocycles. The number of hydroxylamine groups is 1. The first-order valence-corrected chi connectivity index (χ1v) is 2.64. The summed E-state index contributed by atoms with van der Waals surface area (Å²) >= 11 is 0. The van der Waals surface area contributed by atoms with Crippen LogP contribution in [0.15, 0.2) is 0 Å². The van der Waals surface area contributed by atoms with Gasteiger partial charge in [0.15, 0.2) is 0 Å². The number of rotatable bonds is 3. The van der Waals surface area contributed by atoms with E-state index >= 15 is 0 Å². The maximum atomic E-state index is 9.64. The van der Waals surface area contributed by atoms with Crippen molar-refractivity contribution in [3.63, 3.8) is 0 Å². The molecule has 1 amide bonds. The van der Waals surface area contributed by atoms with Gasteiger partial charge in [-0.25, -0.2) is 5.48 Å². The highest BCUT2D eigenvalue weighted by atomic mass is 16.7. The Morgan fingerprint density at radius 2 is 2.38 bits per heavy atom. The van der Waals surface area contributed by atoms with Crippen molar-refractivity contribution in [1.29, 1.82) is 0 Å². The smallest absolute Gasteiger partial charge is 0.230 e. The minimum absolute atomic E-state index is 0.0408. The first-order valence-electron chi connectivity index (χ1n) is 2.64. The molecule has 0 aromatic carbocycles. The molecule has 1 fully saturated rings. The van der Waals surface area contributed by atoms with Crippen LogP contribution in [0, 0.1) is 0 Å². The number of nitrogens with one attached hydrogen (secondary N) is 1. The Bertz CT molecular complexity index is 98.6. The third-order valence-corrected chi connectivity index (χ3v) is 1.31. The molecule has 8 heavy (non-hydrogen) atoms. The number of carbonyl (C=O) groups excluding carboxylic acids is 1. The number of hydrogen-bond acceptors (Lipinski definition) is 2. The molecule has 1 N–H and O–H groups in total. The van der Waals surface area contributed by atoms with Gasteiger partial charge in [-0.2, -0.15) is 0 Å². The Labute approximate surface area is 48.0 Å². The highest BCUT2D eigenvalue weighted by Crippen LogP contribution is 2.37. The fraction of sp³-hybridized carbons (Fsp3) is 0.800. The lowest BCUT2D eigenvalue weighted by Gasteiger charge is -2.05. The van der Waals surface area contributed by atoms with E-state index in [0.717, 1.165) is 12.8 Å². The Kier molecular flexibility index (Phi) is 1.21. The van der Waals surface area contributed by atoms with Crippen LogP contribution in [0.5, 0.6) is 0 Å². The second kappa shape index (κ2) is 1.74. The van der Waals surface area contributed by atoms with Gasteiger partial charge in [-0.15, -0.1) is 0 Å². The van der Waals surface area contributed by atoms with Crippen molar-refractivity contribution in [2.75, 3.05) is 0 Å². The second-order valence-corrected chi connectivity index (χ2v) is 2.29. The van der Waals surface area contributed by atoms with Gasteiger partial charge in [-0.1, -0.05) is 0 Å². The molecule has 0 unspecified atom stereocenters. The van der Waals surface area contributed by atoms with Crippen LogP contribution in [-0.2, 0) is 9.63 Å². The lowest BCUT2D eigenvalue weighted by Crippen LogP contribution is -2.20. The van der Waals surface area contributed by atoms with Crippen molar-refractivity contribution in [3.8, 4) is 0 Å². The van der Waals surface area contributed by atoms with E-state index in [-0.39, 0.29) is 5.60 Å². The van der Waals surface area contributed by atoms with Crippen LogP contribution in [0.25, 0.3) is 0 Å². The minimum Gasteiger partial charge on any atom is -0.277 e. The Morgan fingerprint density at radius 1 is 1.75 bits per heavy atom. The Balaban J connectivity index is 2.09. The summed E-state index contributed by atoms with van der Waals surface area (Å²) in [4.78, 5) is 14.5. The largest absolute Gasteiger partial charge is 0.277 e. The van der Waals surface area contributed by atoms with Crippen LogP contribution in [0.1, 0.15) is 19.8 Å². The molecule has 1 aliphatic carbocycles. The lowest BCUT2D eigenvalue weighted by atomic mass is 10.4. The van der Waals surface area contributed by atoms with Gasteiger partial charge in [0.05, 0.1) is 5.60 Å². The standard InChI is InChI=1S/C5H9NO2/c1-5(2-3-5)8-6-4-7/h4H,2-3H2,1H3,(H,6,7). The molecule has 0 atom stereocenters. The zero-order valence-electron chi connectivity index (χ0n) is 4.81. The average molecular weight is 115 g/mol. The fourth-order valence-electron chi connectivity index (χ4n) is 0.444. The summed E-state index contributed by atoms with van der Waals surface area (Å²) in [5.74, 6) is 0. The van der Waals surface area contributed by atoms with Crippen molar-refractivity contribution >= 4 is 6.41 Å². The van der Waals surface area contributed by atoms with E-state index in [9.17, 15) is 4.79 Å². The van der Waals surface area contributed by atoms with Crippen LogP contribution in [0.4, 0.5) is 0 Å². The molecule has 3 nitrogen and oxygen atoms in total. The molecule has 0 aliphatic heterocycles. The third-order valence-electron chi connectivity index (χ3n) is 1.31. The van der Waals surface area contributed by atoms with E-state index in [4.69, 9.17) is 4.84 Å². The summed E-state index contributed by atoms with van der Waals surface area (Å²) in [5, 5.41) is 0. The monoisotopic (exact) mass is 115 g/mol. The van der Waals surface area contributed by atoms with E-state index in [1.165, 1.54) is 0 Å². The molecular formula is C5H9NO2. The van der Waals surface area contributed by atoms with E-state index in [1.807, 2.05) is 6.92 Å². The van der Waals surface area contributed by atoms with Crippen LogP contribution >= 0.6 is 0 Å². The topological polar surface area (TPSA) is 38.3 Å². The normalized spacial score (nSPS) is 22.1. The summed E-state index contributed by atoms with van der Waals surface area (Å²) in [5.41, 5.74) is 2.13. The maximum absolute atomic E-state index is 9.64. The predicted octanol–water partition coefficient (Wildman–Crippen LogP) is 0.217. The fourth-order valence-corrected chi connectivity index (χ4v) is 0.444. The molecule has 1 rings (SSSR count). The van der Waals surface area contributed by atoms with Crippen LogP contribution in [0.3, 0.4) is 0 Å². The molecule has 0 aromatic rings. The van der Waals surface area contributed by atoms with Gasteiger partial charge in [0.25, 0.3) is 0 Å². The zero-order chi connectivity index (χ0) is 6.04. The maximum Gasteiger partial charge on any atom is 0.230 e. The van der Waals surface area contributed by atoms with E-state index < -0.39 is 0 Å². The first-order chi connectivity index (χ1) is 3.77. The first kappa shape index (κ1) is 5.56. The predicted molar refractivity (Wildman–Crippen MR) is 27.9 cm³/mol. The highest BCUT2D eigenvalue weighted by molar-refractivity contribution is 5.43. The third kappa shape index (κ3) is 1.20. The van der Waals surface area contributed by atoms with Gasteiger partial charge < -0.3 is 0 Å². The van der Waals surface area contributed by atoms with Gasteiger partial charge in [-0.05, 0) is 19.8 Å². The van der Waals surface area contributed by atoms with Crippen LogP contribution < -0.4 is 5.48 Å². The number of hydrogen-bond donors (Lipinski definition) is 1. The summed E-state index contributed by atoms with van der Waals surface area (Å²) in [7, 11) is 0. The van der Waals surface area contributed by atoms with Gasteiger partial charge >= 0.3 is 0 Å². The summed E-state index contributed by atoms with van der Waals surface area (Å²) < 4.78 is 0. The second-order valence-electron chi connectivity index (χ2n) is 2.29. The zero-order valence-corrected chi connectivity index (χ0v) is 4.81. The van der Waals surface area contributed by atoms with Gasteiger partial charge in [0, 0.05) is 0 Å². The summed E-state index contributed by atoms with van der Waals surface area (Å²) in [6.07, 6.45) is 2.64. The van der Waals surface area contributed by atoms with Crippen molar-refractivity contribution in [1.82, 2.24) is 5.48 Å². The number of amides is 1. The van der Waals surface area contributed by atoms with Gasteiger partial charge in [-0.3, -0.25) is 9.63 Å². The molecule has 0 heterocycles. The van der Waals surface area contributed by atoms with Gasteiger partial charge in [0.1, 0.15) is 0 Å². The Hall–Kier alpha value is -0.570. The highest BCUT2D eigenvalue weighted by Gasteiger charge is 2.39. The van der Waals surface area contributed by atoms with E-state index in [1.54, 1.807) is 0 Å². The minimum atomic E-state index is -0.0408. The van der Waals surface area contributed by atoms with Crippen molar-refractivity contribution in [2.45, 2.75) is 25.4 Å². The molecule has 0 saturated heterocycles. The van der Waals surface area contributed by atoms with Crippen LogP contribution in [0.2, 0.25) is 0 Å². The van der Waals surface area contributed by atoms with E-state index in [0.29, 0.717) is 6.41 Å². The molecule has 0 bridgehead atoms. The molecule has 46 valence electrons. The summed E-state index contributed by atoms with van der Waals surface area (Å²) in [6.45, 7) is 1.96. The van der Waals surface area contributed by atoms with Crippen molar-refractivity contribution < 1.29 is 9.63 Å². The molecular weight excluding hydrogens is 106 g/mol. The van der Waals surface area contributed by atoms with Crippen LogP contribution in [-0.4, -0.2) is 12.0 Å². The van der Waals surface area contributed by atoms with Crippen molar-refractivity contribution in [3.05, 3.63) is 0 Å². The lowest BCUT2D eigenvalue weighted by molar-refractivity contribution is -0.126. The molecule has 0 spiro atoms. The quantitative estimate of drug-likeness (QED) is 0.422. The van der Waals surface area contributed by atoms with Gasteiger partial charge in [0.2, 0.25) is 6.41 Å². The molecule has 0 radical (unpaired) electrons. The van der Waals surface area contributed by atoms with Crippen molar-refractivity contribution in [2.24, 2.45) is 0 Å². The molecule has 3 heteroatoms. The average Bonchev–Trinajstić information content (AvgIpc) is 2.45. The molecule has 1 aliphatic rings. The summed E-state index contributed by atoms with van der Waals surface area (Å²) in [6, 6.07) is 0.